The van der Waals surface area contributed by atoms with E-state index in [0.29, 0.717) is 12.4 Å². The molecule has 9 heteroatoms. The van der Waals surface area contributed by atoms with E-state index < -0.39 is 28.3 Å². The number of likely N-dealkylation sites (tertiary alicyclic amines) is 1. The number of halogens is 1. The minimum Gasteiger partial charge on any atom is -0.494 e. The molecule has 196 valence electrons. The van der Waals surface area contributed by atoms with Gasteiger partial charge in [0.15, 0.2) is 0 Å². The number of benzene rings is 3. The van der Waals surface area contributed by atoms with E-state index in [9.17, 15) is 17.6 Å². The Morgan fingerprint density at radius 2 is 1.62 bits per heavy atom. The van der Waals surface area contributed by atoms with Crippen LogP contribution in [0.3, 0.4) is 0 Å². The zero-order valence-corrected chi connectivity index (χ0v) is 21.7. The normalized spacial score (nSPS) is 13.9. The van der Waals surface area contributed by atoms with Gasteiger partial charge in [0.05, 0.1) is 17.2 Å². The predicted octanol–water partition coefficient (Wildman–Crippen LogP) is 4.33. The molecule has 1 N–H and O–H groups in total. The van der Waals surface area contributed by atoms with Crippen LogP contribution in [-0.4, -0.2) is 45.5 Å². The second-order valence-corrected chi connectivity index (χ2v) is 10.8. The maximum atomic E-state index is 13.6. The third kappa shape index (κ3) is 6.87. The van der Waals surface area contributed by atoms with Crippen molar-refractivity contribution in [3.8, 4) is 5.75 Å². The Morgan fingerprint density at radius 1 is 0.973 bits per heavy atom. The molecule has 4 rings (SSSR count). The average molecular weight is 526 g/mol. The molecule has 0 aromatic heterocycles. The third-order valence-electron chi connectivity index (χ3n) is 6.31. The number of nitrogens with one attached hydrogen (secondary N) is 1. The first kappa shape index (κ1) is 26.6. The second-order valence-electron chi connectivity index (χ2n) is 8.92. The highest BCUT2D eigenvalue weighted by molar-refractivity contribution is 7.92. The van der Waals surface area contributed by atoms with E-state index in [0.717, 1.165) is 35.1 Å². The number of hydrogen-bond acceptors (Lipinski definition) is 5. The van der Waals surface area contributed by atoms with Gasteiger partial charge in [0.25, 0.3) is 10.0 Å². The minimum atomic E-state index is -4.11. The Hall–Kier alpha value is -3.43. The lowest BCUT2D eigenvalue weighted by Crippen LogP contribution is -2.40. The van der Waals surface area contributed by atoms with Crippen LogP contribution in [0.1, 0.15) is 30.9 Å². The number of anilines is 1. The van der Waals surface area contributed by atoms with E-state index in [1.807, 2.05) is 25.1 Å². The molecule has 1 amide bonds. The lowest BCUT2D eigenvalue weighted by Gasteiger charge is -2.24. The first-order valence-electron chi connectivity index (χ1n) is 12.4. The van der Waals surface area contributed by atoms with Gasteiger partial charge in [-0.1, -0.05) is 24.3 Å². The Kier molecular flexibility index (Phi) is 8.78. The summed E-state index contributed by atoms with van der Waals surface area (Å²) in [5, 5.41) is 2.87. The van der Waals surface area contributed by atoms with Crippen molar-refractivity contribution in [2.24, 2.45) is 0 Å². The molecule has 3 aromatic carbocycles. The molecule has 1 heterocycles. The molecule has 0 unspecified atom stereocenters. The van der Waals surface area contributed by atoms with Crippen molar-refractivity contribution in [3.63, 3.8) is 0 Å². The molecule has 1 aliphatic rings. The van der Waals surface area contributed by atoms with Crippen molar-refractivity contribution in [3.05, 3.63) is 89.7 Å². The van der Waals surface area contributed by atoms with Crippen LogP contribution >= 0.6 is 0 Å². The second kappa shape index (κ2) is 12.2. The minimum absolute atomic E-state index is 0.00374. The highest BCUT2D eigenvalue weighted by Gasteiger charge is 2.27. The van der Waals surface area contributed by atoms with Crippen molar-refractivity contribution in [2.45, 2.75) is 37.8 Å². The van der Waals surface area contributed by atoms with Crippen LogP contribution in [-0.2, 0) is 27.9 Å². The molecule has 1 aliphatic heterocycles. The van der Waals surface area contributed by atoms with Crippen LogP contribution in [0.15, 0.2) is 77.7 Å². The van der Waals surface area contributed by atoms with E-state index in [-0.39, 0.29) is 17.1 Å². The number of ether oxygens (including phenoxy) is 1. The van der Waals surface area contributed by atoms with Gasteiger partial charge in [0.2, 0.25) is 5.91 Å². The number of rotatable bonds is 11. The Morgan fingerprint density at radius 3 is 2.27 bits per heavy atom. The molecular formula is C28H32FN3O4S. The molecule has 1 fully saturated rings. The van der Waals surface area contributed by atoms with Gasteiger partial charge in [0, 0.05) is 13.1 Å². The number of carbonyl (C=O) groups is 1. The smallest absolute Gasteiger partial charge is 0.264 e. The topological polar surface area (TPSA) is 79.0 Å². The summed E-state index contributed by atoms with van der Waals surface area (Å²) in [7, 11) is -4.11. The van der Waals surface area contributed by atoms with E-state index in [1.165, 1.54) is 49.2 Å². The van der Waals surface area contributed by atoms with E-state index in [4.69, 9.17) is 4.74 Å². The highest BCUT2D eigenvalue weighted by atomic mass is 32.2. The van der Waals surface area contributed by atoms with Gasteiger partial charge in [-0.15, -0.1) is 0 Å². The van der Waals surface area contributed by atoms with Gasteiger partial charge < -0.3 is 10.1 Å². The highest BCUT2D eigenvalue weighted by Crippen LogP contribution is 2.25. The van der Waals surface area contributed by atoms with Crippen LogP contribution in [0.25, 0.3) is 0 Å². The summed E-state index contributed by atoms with van der Waals surface area (Å²) in [6, 6.07) is 19.0. The Bertz CT molecular complexity index is 1290. The molecule has 0 atom stereocenters. The average Bonchev–Trinajstić information content (AvgIpc) is 3.41. The van der Waals surface area contributed by atoms with Crippen LogP contribution in [0.5, 0.6) is 5.75 Å². The third-order valence-corrected chi connectivity index (χ3v) is 8.10. The standard InChI is InChI=1S/C28H32FN3O4S/c1-2-36-26-13-15-27(16-14-26)37(34,35)32(25-11-9-24(29)10-12-25)21-28(33)30-19-22-7-3-4-8-23(22)20-31-17-5-6-18-31/h3-4,7-16H,2,5-6,17-21H2,1H3,(H,30,33). The van der Waals surface area contributed by atoms with Crippen LogP contribution < -0.4 is 14.4 Å². The van der Waals surface area contributed by atoms with Gasteiger partial charge >= 0.3 is 0 Å². The molecule has 37 heavy (non-hydrogen) atoms. The fourth-order valence-corrected chi connectivity index (χ4v) is 5.79. The summed E-state index contributed by atoms with van der Waals surface area (Å²) in [6.07, 6.45) is 2.39. The first-order chi connectivity index (χ1) is 17.9. The number of hydrogen-bond donors (Lipinski definition) is 1. The number of amides is 1. The summed E-state index contributed by atoms with van der Waals surface area (Å²) in [6.45, 7) is 5.07. The van der Waals surface area contributed by atoms with Crippen molar-refractivity contribution in [2.75, 3.05) is 30.5 Å². The van der Waals surface area contributed by atoms with Crippen molar-refractivity contribution >= 4 is 21.6 Å². The lowest BCUT2D eigenvalue weighted by atomic mass is 10.1. The maximum absolute atomic E-state index is 13.6. The maximum Gasteiger partial charge on any atom is 0.264 e. The van der Waals surface area contributed by atoms with Crippen molar-refractivity contribution < 1.29 is 22.3 Å². The van der Waals surface area contributed by atoms with Gasteiger partial charge in [-0.25, -0.2) is 12.8 Å². The molecule has 1 saturated heterocycles. The number of sulfonamides is 1. The molecule has 0 saturated carbocycles. The fourth-order valence-electron chi connectivity index (χ4n) is 4.37. The van der Waals surface area contributed by atoms with E-state index in [2.05, 4.69) is 16.3 Å². The lowest BCUT2D eigenvalue weighted by molar-refractivity contribution is -0.119. The summed E-state index contributed by atoms with van der Waals surface area (Å²) < 4.78 is 47.1. The van der Waals surface area contributed by atoms with Gasteiger partial charge in [-0.05, 0) is 92.5 Å². The SMILES string of the molecule is CCOc1ccc(S(=O)(=O)N(CC(=O)NCc2ccccc2CN2CCCC2)c2ccc(F)cc2)cc1. The number of nitrogens with zero attached hydrogens (tertiary/aromatic N) is 2. The Balaban J connectivity index is 1.51. The molecule has 0 bridgehead atoms. The van der Waals surface area contributed by atoms with Crippen molar-refractivity contribution in [1.29, 1.82) is 0 Å². The molecule has 0 radical (unpaired) electrons. The van der Waals surface area contributed by atoms with Crippen molar-refractivity contribution in [1.82, 2.24) is 10.2 Å². The number of carbonyl (C=O) groups excluding carboxylic acids is 1. The van der Waals surface area contributed by atoms with Crippen LogP contribution in [0.2, 0.25) is 0 Å². The largest absolute Gasteiger partial charge is 0.494 e. The van der Waals surface area contributed by atoms with Crippen LogP contribution in [0, 0.1) is 5.82 Å². The molecular weight excluding hydrogens is 493 g/mol. The van der Waals surface area contributed by atoms with Crippen LogP contribution in [0.4, 0.5) is 10.1 Å². The monoisotopic (exact) mass is 525 g/mol. The zero-order valence-electron chi connectivity index (χ0n) is 20.9. The molecule has 0 aliphatic carbocycles. The summed E-state index contributed by atoms with van der Waals surface area (Å²) in [5.74, 6) is -0.420. The predicted molar refractivity (Wildman–Crippen MR) is 141 cm³/mol. The fraction of sp³-hybridized carbons (Fsp3) is 0.321. The zero-order chi connectivity index (χ0) is 26.3. The molecule has 0 spiro atoms. The quantitative estimate of drug-likeness (QED) is 0.403. The molecule has 7 nitrogen and oxygen atoms in total. The Labute approximate surface area is 217 Å². The summed E-state index contributed by atoms with van der Waals surface area (Å²) in [5.41, 5.74) is 2.33. The van der Waals surface area contributed by atoms with Gasteiger partial charge in [0.1, 0.15) is 18.1 Å². The van der Waals surface area contributed by atoms with E-state index in [1.54, 1.807) is 12.1 Å². The van der Waals surface area contributed by atoms with Gasteiger partial charge in [-0.3, -0.25) is 14.0 Å². The van der Waals surface area contributed by atoms with Gasteiger partial charge in [-0.2, -0.15) is 0 Å². The summed E-state index contributed by atoms with van der Waals surface area (Å²) in [4.78, 5) is 15.4. The first-order valence-corrected chi connectivity index (χ1v) is 13.9. The van der Waals surface area contributed by atoms with E-state index >= 15 is 0 Å². The molecule has 3 aromatic rings. The summed E-state index contributed by atoms with van der Waals surface area (Å²) >= 11 is 0.